The molecule has 9 aliphatic rings. The molecule has 3 N–H and O–H groups in total. The van der Waals surface area contributed by atoms with Crippen molar-refractivity contribution < 1.29 is 36.9 Å². The molecule has 0 bridgehead atoms. The second kappa shape index (κ2) is 24.5. The van der Waals surface area contributed by atoms with Crippen molar-refractivity contribution >= 4 is 19.7 Å². The van der Waals surface area contributed by atoms with Gasteiger partial charge in [-0.3, -0.25) is 0 Å². The normalized spacial score (nSPS) is 39.2. The number of benzene rings is 2. The van der Waals surface area contributed by atoms with E-state index in [1.165, 1.54) is 64.2 Å². The number of ether oxygens (including phenoxy) is 1. The molecule has 10 heteroatoms. The van der Waals surface area contributed by atoms with Crippen LogP contribution in [0.4, 0.5) is 0 Å². The van der Waals surface area contributed by atoms with Crippen LogP contribution in [0.15, 0.2) is 93.8 Å². The van der Waals surface area contributed by atoms with Crippen LogP contribution in [0.2, 0.25) is 0 Å². The van der Waals surface area contributed by atoms with E-state index in [-0.39, 0.29) is 11.2 Å². The Morgan fingerprint density at radius 2 is 1.08 bits per heavy atom. The summed E-state index contributed by atoms with van der Waals surface area (Å²) in [4.78, 5) is 0.847. The van der Waals surface area contributed by atoms with Crippen LogP contribution in [0.1, 0.15) is 203 Å². The van der Waals surface area contributed by atoms with Crippen molar-refractivity contribution in [2.75, 3.05) is 12.4 Å². The number of aliphatic hydroxyl groups excluding tert-OH is 1. The first kappa shape index (κ1) is 60.3. The maximum atomic E-state index is 13.8. The Balaban J connectivity index is 0.000000175. The average molecular weight is 1110 g/mol. The summed E-state index contributed by atoms with van der Waals surface area (Å²) in [7, 11) is -6.72. The zero-order valence-corrected chi connectivity index (χ0v) is 51.1. The molecule has 11 rings (SSSR count). The molecule has 1 heterocycles. The van der Waals surface area contributed by atoms with Crippen molar-refractivity contribution in [3.8, 4) is 0 Å². The van der Waals surface area contributed by atoms with Crippen LogP contribution >= 0.6 is 0 Å². The highest BCUT2D eigenvalue weighted by Crippen LogP contribution is 2.67. The quantitative estimate of drug-likeness (QED) is 0.111. The Morgan fingerprint density at radius 1 is 0.603 bits per heavy atom. The second-order valence-electron chi connectivity index (χ2n) is 27.9. The summed E-state index contributed by atoms with van der Waals surface area (Å²) in [6.45, 7) is 19.0. The van der Waals surface area contributed by atoms with Crippen LogP contribution < -0.4 is 0 Å². The van der Waals surface area contributed by atoms with E-state index in [9.17, 15) is 32.2 Å². The predicted molar refractivity (Wildman–Crippen MR) is 316 cm³/mol. The molecule has 0 aromatic heterocycles. The van der Waals surface area contributed by atoms with Gasteiger partial charge in [0.15, 0.2) is 19.7 Å². The Kier molecular flexibility index (Phi) is 18.9. The molecule has 0 amide bonds. The summed E-state index contributed by atoms with van der Waals surface area (Å²) in [6, 6.07) is 17.8. The van der Waals surface area contributed by atoms with E-state index in [1.54, 1.807) is 47.5 Å². The Labute approximate surface area is 473 Å². The molecule has 1 aliphatic heterocycles. The molecule has 2 aromatic carbocycles. The van der Waals surface area contributed by atoms with Crippen LogP contribution in [0.25, 0.3) is 0 Å². The van der Waals surface area contributed by atoms with Crippen LogP contribution in [0.3, 0.4) is 0 Å². The molecule has 6 saturated carbocycles. The number of hydrogen-bond donors (Lipinski definition) is 3. The number of aliphatic hydroxyl groups is 3. The molecule has 0 radical (unpaired) electrons. The number of hydrogen-bond acceptors (Lipinski definition) is 8. The lowest BCUT2D eigenvalue weighted by Crippen LogP contribution is -2.48. The molecule has 1 unspecified atom stereocenters. The summed E-state index contributed by atoms with van der Waals surface area (Å²) in [6.07, 6.45) is 28.8. The summed E-state index contributed by atoms with van der Waals surface area (Å²) in [5.41, 5.74) is 2.76. The third-order valence-corrected chi connectivity index (χ3v) is 27.9. The lowest BCUT2D eigenvalue weighted by molar-refractivity contribution is -0.0460. The highest BCUT2D eigenvalue weighted by Gasteiger charge is 2.59. The highest BCUT2D eigenvalue weighted by molar-refractivity contribution is 7.92. The third-order valence-electron chi connectivity index (χ3n) is 24.0. The lowest BCUT2D eigenvalue weighted by Gasteiger charge is -2.55. The van der Waals surface area contributed by atoms with Crippen molar-refractivity contribution in [1.82, 2.24) is 0 Å². The number of epoxide rings is 1. The van der Waals surface area contributed by atoms with Gasteiger partial charge in [-0.05, 0) is 254 Å². The van der Waals surface area contributed by atoms with E-state index in [0.29, 0.717) is 82.0 Å². The first-order valence-electron chi connectivity index (χ1n) is 31.8. The molecule has 7 fully saturated rings. The van der Waals surface area contributed by atoms with Gasteiger partial charge in [-0.15, -0.1) is 0 Å². The average Bonchev–Trinajstić information content (AvgIpc) is 4.33. The fraction of sp³-hybridized carbons (Fsp3) is 0.765. The molecule has 8 nitrogen and oxygen atoms in total. The molecule has 19 atom stereocenters. The van der Waals surface area contributed by atoms with Gasteiger partial charge in [-0.1, -0.05) is 115 Å². The van der Waals surface area contributed by atoms with Gasteiger partial charge in [0.1, 0.15) is 0 Å². The molecular weight excluding hydrogens is 1010 g/mol. The van der Waals surface area contributed by atoms with E-state index in [2.05, 4.69) is 60.6 Å². The van der Waals surface area contributed by atoms with Crippen molar-refractivity contribution in [3.05, 3.63) is 84.0 Å². The summed E-state index contributed by atoms with van der Waals surface area (Å²) in [5, 5.41) is 31.9. The summed E-state index contributed by atoms with van der Waals surface area (Å²) >= 11 is 0. The highest BCUT2D eigenvalue weighted by atomic mass is 32.2. The number of allylic oxidation sites excluding steroid dienone is 2. The largest absolute Gasteiger partial charge is 0.393 e. The van der Waals surface area contributed by atoms with Gasteiger partial charge in [-0.2, -0.15) is 0 Å². The van der Waals surface area contributed by atoms with E-state index >= 15 is 0 Å². The van der Waals surface area contributed by atoms with Gasteiger partial charge in [0, 0.05) is 0 Å². The number of fused-ring (bicyclic) bond motifs is 10. The van der Waals surface area contributed by atoms with Crippen LogP contribution in [0, 0.1) is 81.8 Å². The molecule has 78 heavy (non-hydrogen) atoms. The van der Waals surface area contributed by atoms with E-state index in [4.69, 9.17) is 4.74 Å². The van der Waals surface area contributed by atoms with Gasteiger partial charge in [0.05, 0.1) is 50.8 Å². The summed E-state index contributed by atoms with van der Waals surface area (Å²) < 4.78 is 58.1. The molecule has 1 saturated heterocycles. The standard InChI is InChI=1S/C34H52O4S.C30H44O3S.C4H8O/c1-5-25(35)21-27(39(37,38)26-10-8-7-9-11-26)20-23(3)31-14-15-32-30-13-12-24-22-34(36,6-2)19-17-28(24)29(30)16-18-33(31,32)4;1-4-30(31)18-15-24-22(20-30)10-11-26-25(24)14-17-29(3)27(12-13-28(26)29)21(2)16-19-34(32,33)23-8-6-5-7-9-23;1-2-4-3-5-4/h7-12,23,25,27-32,35-36H,5-6,13-22H2,1-4H3;5-10,21,24-28,31H,4,11-20H2,1-3H3;4H,2-3H2,1H3/t23-,25+,27?,28+,29-,30-,31-,32+,33-,34+;21-,24+,25-,26-,27-,28+,29-,30+;4-/m110/s1. The molecule has 436 valence electrons. The Morgan fingerprint density at radius 3 is 1.51 bits per heavy atom. The number of rotatable bonds is 16. The zero-order chi connectivity index (χ0) is 55.8. The molecule has 8 aliphatic carbocycles. The van der Waals surface area contributed by atoms with Crippen LogP contribution in [-0.4, -0.2) is 73.2 Å². The smallest absolute Gasteiger partial charge is 0.181 e. The maximum Gasteiger partial charge on any atom is 0.181 e. The van der Waals surface area contributed by atoms with Crippen LogP contribution in [-0.2, 0) is 24.4 Å². The Bertz CT molecular complexity index is 2600. The lowest BCUT2D eigenvalue weighted by atomic mass is 9.50. The van der Waals surface area contributed by atoms with Gasteiger partial charge in [0.25, 0.3) is 0 Å². The van der Waals surface area contributed by atoms with E-state index in [1.807, 2.05) is 31.2 Å². The zero-order valence-electron chi connectivity index (χ0n) is 49.5. The fourth-order valence-electron chi connectivity index (χ4n) is 19.1. The van der Waals surface area contributed by atoms with Crippen molar-refractivity contribution in [2.24, 2.45) is 81.8 Å². The van der Waals surface area contributed by atoms with Gasteiger partial charge < -0.3 is 20.1 Å². The van der Waals surface area contributed by atoms with Crippen molar-refractivity contribution in [3.63, 3.8) is 0 Å². The minimum Gasteiger partial charge on any atom is -0.393 e. The third kappa shape index (κ3) is 12.5. The first-order chi connectivity index (χ1) is 37.1. The van der Waals surface area contributed by atoms with Gasteiger partial charge >= 0.3 is 0 Å². The minimum atomic E-state index is -3.51. The second-order valence-corrected chi connectivity index (χ2v) is 32.2. The van der Waals surface area contributed by atoms with Crippen molar-refractivity contribution in [1.29, 1.82) is 0 Å². The molecule has 0 spiro atoms. The molecule has 2 aromatic rings. The maximum absolute atomic E-state index is 13.8. The first-order valence-corrected chi connectivity index (χ1v) is 35.0. The number of sulfone groups is 2. The van der Waals surface area contributed by atoms with Gasteiger partial charge in [-0.25, -0.2) is 16.8 Å². The van der Waals surface area contributed by atoms with E-state index in [0.717, 1.165) is 100 Å². The monoisotopic (exact) mass is 1110 g/mol. The van der Waals surface area contributed by atoms with E-state index < -0.39 is 42.2 Å². The molecular formula is C68H104O8S2. The Hall–Kier alpha value is -2.34. The van der Waals surface area contributed by atoms with Crippen LogP contribution in [0.5, 0.6) is 0 Å². The fourth-order valence-corrected chi connectivity index (χ4v) is 22.5. The topological polar surface area (TPSA) is 142 Å². The minimum absolute atomic E-state index is 0.259. The van der Waals surface area contributed by atoms with Gasteiger partial charge in [0.2, 0.25) is 0 Å². The SMILES string of the molecule is CC[C@H](O)CC(C[C@@H](C)[C@H]1CC[C@H]2[C@@H]3CC=C4C[C@](O)(CC)CC[C@@H]4[C@H]3CC[C@]12C)S(=O)(=O)c1ccccc1.CC[C@H]1CO1.CC[C@]1(O)CC[C@H]2C(=CC[C@@H]3[C@@H]2CC[C@]2(C)[C@@H]([C@H](C)CCS(=O)(=O)c4ccccc4)CC[C@@H]32)C1. The van der Waals surface area contributed by atoms with Crippen molar-refractivity contribution in [2.45, 2.75) is 242 Å². The summed E-state index contributed by atoms with van der Waals surface area (Å²) in [5.74, 6) is 8.06. The predicted octanol–water partition coefficient (Wildman–Crippen LogP) is 15.0.